The molecule has 4 aromatic rings. The maximum Gasteiger partial charge on any atom is 0.416 e. The third-order valence-electron chi connectivity index (χ3n) is 7.26. The van der Waals surface area contributed by atoms with Crippen molar-refractivity contribution in [3.8, 4) is 0 Å². The fourth-order valence-corrected chi connectivity index (χ4v) is 5.59. The fourth-order valence-electron chi connectivity index (χ4n) is 5.59. The molecule has 35 heavy (non-hydrogen) atoms. The molecule has 0 aliphatic carbocycles. The van der Waals surface area contributed by atoms with E-state index in [1.54, 1.807) is 6.07 Å². The summed E-state index contributed by atoms with van der Waals surface area (Å²) in [7, 11) is 0. The first kappa shape index (κ1) is 22.1. The van der Waals surface area contributed by atoms with Crippen LogP contribution in [-0.2, 0) is 10.9 Å². The summed E-state index contributed by atoms with van der Waals surface area (Å²) in [6, 6.07) is 10.8. The Bertz CT molecular complexity index is 1400. The number of ether oxygens (including phenoxy) is 1. The molecule has 0 saturated carbocycles. The Hall–Kier alpha value is -3.40. The lowest BCUT2D eigenvalue weighted by atomic mass is 9.97. The highest BCUT2D eigenvalue weighted by molar-refractivity contribution is 6.01. The number of morpholine rings is 1. The van der Waals surface area contributed by atoms with Crippen LogP contribution in [0.25, 0.3) is 16.4 Å². The molecule has 3 atom stereocenters. The number of nitrogens with zero attached hydrogens (tertiary/aromatic N) is 5. The molecule has 2 aromatic carbocycles. The predicted molar refractivity (Wildman–Crippen MR) is 127 cm³/mol. The van der Waals surface area contributed by atoms with Crippen molar-refractivity contribution in [2.75, 3.05) is 23.4 Å². The molecule has 2 fully saturated rings. The molecule has 0 unspecified atom stereocenters. The van der Waals surface area contributed by atoms with E-state index in [9.17, 15) is 13.2 Å². The molecule has 6 rings (SSSR count). The Morgan fingerprint density at radius 3 is 2.60 bits per heavy atom. The number of halogens is 3. The summed E-state index contributed by atoms with van der Waals surface area (Å²) >= 11 is 0. The largest absolute Gasteiger partial charge is 0.416 e. The molecule has 2 bridgehead atoms. The number of fused-ring (bicyclic) bond motifs is 5. The van der Waals surface area contributed by atoms with Gasteiger partial charge in [-0.25, -0.2) is 4.98 Å². The van der Waals surface area contributed by atoms with Crippen molar-refractivity contribution in [1.82, 2.24) is 19.8 Å². The van der Waals surface area contributed by atoms with E-state index < -0.39 is 17.8 Å². The van der Waals surface area contributed by atoms with Gasteiger partial charge in [0, 0.05) is 16.5 Å². The second-order valence-electron chi connectivity index (χ2n) is 9.36. The minimum Gasteiger partial charge on any atom is -0.377 e. The van der Waals surface area contributed by atoms with Crippen LogP contribution in [0, 0.1) is 6.92 Å². The molecule has 2 saturated heterocycles. The SMILES string of the molecule is Cc1c([C@@H](C)Nc2nn3ncnc3c3ccc(N4[C@@H]5CC[C@H]4COC5)cc23)cccc1C(F)(F)F. The molecule has 182 valence electrons. The van der Waals surface area contributed by atoms with Gasteiger partial charge >= 0.3 is 6.18 Å². The first-order chi connectivity index (χ1) is 16.8. The molecular formula is C25H25F3N6O. The van der Waals surface area contributed by atoms with Crippen molar-refractivity contribution >= 4 is 27.9 Å². The molecule has 7 nitrogen and oxygen atoms in total. The highest BCUT2D eigenvalue weighted by Crippen LogP contribution is 2.38. The molecular weight excluding hydrogens is 457 g/mol. The van der Waals surface area contributed by atoms with Crippen molar-refractivity contribution in [2.24, 2.45) is 0 Å². The van der Waals surface area contributed by atoms with Crippen LogP contribution in [0.2, 0.25) is 0 Å². The monoisotopic (exact) mass is 482 g/mol. The second-order valence-corrected chi connectivity index (χ2v) is 9.36. The zero-order chi connectivity index (χ0) is 24.3. The third kappa shape index (κ3) is 3.67. The molecule has 10 heteroatoms. The highest BCUT2D eigenvalue weighted by atomic mass is 19.4. The van der Waals surface area contributed by atoms with Crippen LogP contribution < -0.4 is 10.2 Å². The van der Waals surface area contributed by atoms with Gasteiger partial charge in [0.05, 0.1) is 36.9 Å². The molecule has 0 amide bonds. The summed E-state index contributed by atoms with van der Waals surface area (Å²) in [6.45, 7) is 4.78. The molecule has 2 aromatic heterocycles. The Balaban J connectivity index is 1.43. The van der Waals surface area contributed by atoms with Crippen LogP contribution >= 0.6 is 0 Å². The summed E-state index contributed by atoms with van der Waals surface area (Å²) in [5, 5.41) is 13.9. The van der Waals surface area contributed by atoms with Crippen LogP contribution in [0.3, 0.4) is 0 Å². The zero-order valence-electron chi connectivity index (χ0n) is 19.4. The first-order valence-corrected chi connectivity index (χ1v) is 11.7. The summed E-state index contributed by atoms with van der Waals surface area (Å²) in [4.78, 5) is 6.80. The maximum atomic E-state index is 13.5. The summed E-state index contributed by atoms with van der Waals surface area (Å²) in [5.41, 5.74) is 1.86. The predicted octanol–water partition coefficient (Wildman–Crippen LogP) is 5.15. The average molecular weight is 483 g/mol. The Labute approximate surface area is 199 Å². The van der Waals surface area contributed by atoms with E-state index in [0.29, 0.717) is 42.3 Å². The lowest BCUT2D eigenvalue weighted by Gasteiger charge is -2.36. The average Bonchev–Trinajstić information content (AvgIpc) is 3.39. The number of nitrogens with one attached hydrogen (secondary N) is 1. The molecule has 0 spiro atoms. The second kappa shape index (κ2) is 8.08. The topological polar surface area (TPSA) is 67.6 Å². The van der Waals surface area contributed by atoms with Crippen molar-refractivity contribution in [2.45, 2.75) is 51.0 Å². The summed E-state index contributed by atoms with van der Waals surface area (Å²) in [6.07, 6.45) is -0.763. The van der Waals surface area contributed by atoms with Gasteiger partial charge in [0.15, 0.2) is 11.5 Å². The van der Waals surface area contributed by atoms with E-state index in [2.05, 4.69) is 37.5 Å². The maximum absolute atomic E-state index is 13.5. The first-order valence-electron chi connectivity index (χ1n) is 11.7. The van der Waals surface area contributed by atoms with E-state index >= 15 is 0 Å². The van der Waals surface area contributed by atoms with E-state index in [1.165, 1.54) is 23.9 Å². The fraction of sp³-hybridized carbons (Fsp3) is 0.400. The van der Waals surface area contributed by atoms with Crippen LogP contribution in [0.4, 0.5) is 24.7 Å². The highest BCUT2D eigenvalue weighted by Gasteiger charge is 2.37. The van der Waals surface area contributed by atoms with Crippen molar-refractivity contribution in [3.05, 3.63) is 59.4 Å². The van der Waals surface area contributed by atoms with E-state index in [-0.39, 0.29) is 5.56 Å². The number of benzene rings is 2. The molecule has 2 aliphatic rings. The quantitative estimate of drug-likeness (QED) is 0.434. The minimum atomic E-state index is -4.41. The Morgan fingerprint density at radius 2 is 1.86 bits per heavy atom. The van der Waals surface area contributed by atoms with Gasteiger partial charge in [-0.05, 0) is 62.1 Å². The van der Waals surface area contributed by atoms with Gasteiger partial charge in [0.25, 0.3) is 0 Å². The number of rotatable bonds is 4. The van der Waals surface area contributed by atoms with Crippen LogP contribution in [-0.4, -0.2) is 45.1 Å². The van der Waals surface area contributed by atoms with Gasteiger partial charge in [-0.3, -0.25) is 0 Å². The van der Waals surface area contributed by atoms with Crippen molar-refractivity contribution in [1.29, 1.82) is 0 Å². The molecule has 1 N–H and O–H groups in total. The molecule has 0 radical (unpaired) electrons. The number of aromatic nitrogens is 4. The lowest BCUT2D eigenvalue weighted by molar-refractivity contribution is -0.138. The lowest BCUT2D eigenvalue weighted by Crippen LogP contribution is -2.45. The van der Waals surface area contributed by atoms with Gasteiger partial charge in [-0.1, -0.05) is 12.1 Å². The Kier molecular flexibility index (Phi) is 5.10. The van der Waals surface area contributed by atoms with E-state index in [1.807, 2.05) is 13.0 Å². The van der Waals surface area contributed by atoms with Crippen molar-refractivity contribution < 1.29 is 17.9 Å². The number of hydrogen-bond donors (Lipinski definition) is 1. The summed E-state index contributed by atoms with van der Waals surface area (Å²) < 4.78 is 47.7. The van der Waals surface area contributed by atoms with Crippen LogP contribution in [0.5, 0.6) is 0 Å². The minimum absolute atomic E-state index is 0.205. The number of hydrogen-bond acceptors (Lipinski definition) is 6. The van der Waals surface area contributed by atoms with Crippen LogP contribution in [0.1, 0.15) is 42.5 Å². The van der Waals surface area contributed by atoms with Gasteiger partial charge in [0.1, 0.15) is 6.33 Å². The normalized spacial score (nSPS) is 21.1. The van der Waals surface area contributed by atoms with Gasteiger partial charge in [-0.15, -0.1) is 14.8 Å². The van der Waals surface area contributed by atoms with Gasteiger partial charge in [-0.2, -0.15) is 13.2 Å². The van der Waals surface area contributed by atoms with E-state index in [4.69, 9.17) is 4.74 Å². The molecule has 2 aliphatic heterocycles. The smallest absolute Gasteiger partial charge is 0.377 e. The number of anilines is 2. The Morgan fingerprint density at radius 1 is 1.09 bits per heavy atom. The van der Waals surface area contributed by atoms with Gasteiger partial charge in [0.2, 0.25) is 0 Å². The van der Waals surface area contributed by atoms with Gasteiger partial charge < -0.3 is 15.0 Å². The zero-order valence-corrected chi connectivity index (χ0v) is 19.4. The van der Waals surface area contributed by atoms with Crippen molar-refractivity contribution in [3.63, 3.8) is 0 Å². The summed E-state index contributed by atoms with van der Waals surface area (Å²) in [5.74, 6) is 0.546. The standard InChI is InChI=1S/C25H25F3N6O/c1-14-19(4-3-5-22(14)25(26,27)28)15(2)31-23-21-10-16(33-17-6-7-18(33)12-35-11-17)8-9-20(21)24-29-13-30-34(24)32-23/h3-5,8-10,13,15,17-18H,6-7,11-12H2,1-2H3,(H,31,32)/t15-,17-,18+/m1/s1. The van der Waals surface area contributed by atoms with Crippen LogP contribution in [0.15, 0.2) is 42.7 Å². The number of alkyl halides is 3. The van der Waals surface area contributed by atoms with E-state index in [0.717, 1.165) is 35.4 Å². The molecule has 4 heterocycles. The third-order valence-corrected chi connectivity index (χ3v) is 7.26.